The van der Waals surface area contributed by atoms with Crippen LogP contribution in [0.2, 0.25) is 0 Å². The van der Waals surface area contributed by atoms with E-state index in [0.29, 0.717) is 43.7 Å². The molecule has 1 fully saturated rings. The summed E-state index contributed by atoms with van der Waals surface area (Å²) < 4.78 is 48.9. The topological polar surface area (TPSA) is 100 Å². The standard InChI is InChI=1S/C20H22F3N7O2/c1-24-16-13-2-4-25-17(13)29-19(28-16)27-15-6-11-7-30(12-8-31-9-12)5-3-14(11)26-18(15)32-10-20(21,22)23/h2,4,6,12H,3,5,7-10H2,1H3,(H3,24,25,27,28,29). The van der Waals surface area contributed by atoms with Gasteiger partial charge in [0.2, 0.25) is 11.8 Å². The number of nitrogens with zero attached hydrogens (tertiary/aromatic N) is 4. The fraction of sp³-hybridized carbons (Fsp3) is 0.450. The first kappa shape index (κ1) is 20.8. The van der Waals surface area contributed by atoms with Gasteiger partial charge in [0, 0.05) is 32.8 Å². The van der Waals surface area contributed by atoms with Crippen molar-refractivity contribution in [1.29, 1.82) is 0 Å². The highest BCUT2D eigenvalue weighted by Gasteiger charge is 2.32. The van der Waals surface area contributed by atoms with E-state index in [1.54, 1.807) is 19.3 Å². The smallest absolute Gasteiger partial charge is 0.422 e. The number of ether oxygens (including phenoxy) is 2. The van der Waals surface area contributed by atoms with E-state index in [2.05, 4.69) is 35.5 Å². The molecule has 0 radical (unpaired) electrons. The number of anilines is 3. The Morgan fingerprint density at radius 1 is 1.28 bits per heavy atom. The molecule has 0 aliphatic carbocycles. The molecule has 1 saturated heterocycles. The molecule has 12 heteroatoms. The monoisotopic (exact) mass is 449 g/mol. The molecule has 0 saturated carbocycles. The Kier molecular flexibility index (Phi) is 5.25. The van der Waals surface area contributed by atoms with Gasteiger partial charge in [-0.1, -0.05) is 0 Å². The van der Waals surface area contributed by atoms with Crippen molar-refractivity contribution in [2.24, 2.45) is 0 Å². The van der Waals surface area contributed by atoms with Crippen molar-refractivity contribution in [2.45, 2.75) is 25.2 Å². The van der Waals surface area contributed by atoms with Crippen molar-refractivity contribution >= 4 is 28.5 Å². The van der Waals surface area contributed by atoms with Gasteiger partial charge in [-0.2, -0.15) is 23.1 Å². The maximum atomic E-state index is 12.8. The largest absolute Gasteiger partial charge is 0.467 e. The van der Waals surface area contributed by atoms with Crippen molar-refractivity contribution in [3.8, 4) is 5.88 Å². The molecule has 2 aliphatic rings. The number of hydrogen-bond acceptors (Lipinski definition) is 8. The highest BCUT2D eigenvalue weighted by Crippen LogP contribution is 2.33. The highest BCUT2D eigenvalue weighted by molar-refractivity contribution is 5.88. The summed E-state index contributed by atoms with van der Waals surface area (Å²) in [6.45, 7) is 1.37. The molecule has 5 rings (SSSR count). The van der Waals surface area contributed by atoms with Crippen molar-refractivity contribution in [2.75, 3.05) is 44.0 Å². The SMILES string of the molecule is CNc1nc(Nc2cc3c(nc2OCC(F)(F)F)CCN(C2COC2)C3)nc2[nH]ccc12. The normalized spacial score (nSPS) is 17.1. The molecule has 5 heterocycles. The summed E-state index contributed by atoms with van der Waals surface area (Å²) in [5.74, 6) is 0.671. The number of H-pyrrole nitrogens is 1. The molecule has 170 valence electrons. The van der Waals surface area contributed by atoms with Crippen LogP contribution in [-0.2, 0) is 17.7 Å². The van der Waals surface area contributed by atoms with Gasteiger partial charge in [-0.05, 0) is 17.7 Å². The van der Waals surface area contributed by atoms with E-state index in [-0.39, 0.29) is 17.5 Å². The maximum Gasteiger partial charge on any atom is 0.422 e. The van der Waals surface area contributed by atoms with Gasteiger partial charge < -0.3 is 25.1 Å². The van der Waals surface area contributed by atoms with Crippen LogP contribution in [0.1, 0.15) is 11.3 Å². The first-order chi connectivity index (χ1) is 15.4. The second kappa shape index (κ2) is 8.10. The predicted molar refractivity (Wildman–Crippen MR) is 111 cm³/mol. The summed E-state index contributed by atoms with van der Waals surface area (Å²) >= 11 is 0. The number of alkyl halides is 3. The summed E-state index contributed by atoms with van der Waals surface area (Å²) in [4.78, 5) is 18.6. The number of halogens is 3. The molecular formula is C20H22F3N7O2. The zero-order chi connectivity index (χ0) is 22.3. The summed E-state index contributed by atoms with van der Waals surface area (Å²) in [6, 6.07) is 3.97. The van der Waals surface area contributed by atoms with E-state index in [0.717, 1.165) is 23.2 Å². The first-order valence-electron chi connectivity index (χ1n) is 10.2. The van der Waals surface area contributed by atoms with Crippen LogP contribution >= 0.6 is 0 Å². The Hall–Kier alpha value is -3.12. The number of rotatable bonds is 6. The number of aromatic amines is 1. The fourth-order valence-electron chi connectivity index (χ4n) is 3.88. The lowest BCUT2D eigenvalue weighted by atomic mass is 10.0. The summed E-state index contributed by atoms with van der Waals surface area (Å²) in [5.41, 5.74) is 2.54. The zero-order valence-electron chi connectivity index (χ0n) is 17.3. The maximum absolute atomic E-state index is 12.8. The quantitative estimate of drug-likeness (QED) is 0.528. The minimum atomic E-state index is -4.48. The van der Waals surface area contributed by atoms with Crippen LogP contribution in [0.15, 0.2) is 18.3 Å². The number of pyridine rings is 1. The van der Waals surface area contributed by atoms with Crippen LogP contribution in [0.3, 0.4) is 0 Å². The third kappa shape index (κ3) is 4.15. The van der Waals surface area contributed by atoms with Crippen molar-refractivity contribution in [1.82, 2.24) is 24.8 Å². The molecule has 0 bridgehead atoms. The molecule has 3 aromatic heterocycles. The fourth-order valence-corrected chi connectivity index (χ4v) is 3.88. The highest BCUT2D eigenvalue weighted by atomic mass is 19.4. The second-order valence-corrected chi connectivity index (χ2v) is 7.77. The lowest BCUT2D eigenvalue weighted by molar-refractivity contribution is -0.154. The van der Waals surface area contributed by atoms with Gasteiger partial charge in [0.05, 0.1) is 30.3 Å². The van der Waals surface area contributed by atoms with Crippen LogP contribution in [-0.4, -0.2) is 70.5 Å². The minimum absolute atomic E-state index is 0.123. The summed E-state index contributed by atoms with van der Waals surface area (Å²) in [5, 5.41) is 6.80. The Labute approximate surface area is 181 Å². The van der Waals surface area contributed by atoms with Crippen LogP contribution < -0.4 is 15.4 Å². The van der Waals surface area contributed by atoms with E-state index in [1.807, 2.05) is 6.07 Å². The van der Waals surface area contributed by atoms with E-state index in [1.165, 1.54) is 0 Å². The lowest BCUT2D eigenvalue weighted by Gasteiger charge is -2.39. The van der Waals surface area contributed by atoms with Crippen LogP contribution in [0.5, 0.6) is 5.88 Å². The molecule has 0 amide bonds. The number of fused-ring (bicyclic) bond motifs is 2. The Morgan fingerprint density at radius 2 is 2.12 bits per heavy atom. The van der Waals surface area contributed by atoms with Gasteiger partial charge in [-0.25, -0.2) is 4.98 Å². The van der Waals surface area contributed by atoms with E-state index in [9.17, 15) is 13.2 Å². The van der Waals surface area contributed by atoms with Crippen LogP contribution in [0, 0.1) is 0 Å². The molecule has 0 aromatic carbocycles. The van der Waals surface area contributed by atoms with Crippen molar-refractivity contribution in [3.63, 3.8) is 0 Å². The van der Waals surface area contributed by atoms with Crippen LogP contribution in [0.4, 0.5) is 30.6 Å². The molecule has 32 heavy (non-hydrogen) atoms. The van der Waals surface area contributed by atoms with E-state index >= 15 is 0 Å². The molecule has 0 spiro atoms. The van der Waals surface area contributed by atoms with Gasteiger partial charge >= 0.3 is 6.18 Å². The molecule has 3 N–H and O–H groups in total. The minimum Gasteiger partial charge on any atom is -0.467 e. The second-order valence-electron chi connectivity index (χ2n) is 7.77. The zero-order valence-corrected chi connectivity index (χ0v) is 17.3. The molecule has 0 unspecified atom stereocenters. The van der Waals surface area contributed by atoms with E-state index < -0.39 is 12.8 Å². The molecule has 9 nitrogen and oxygen atoms in total. The molecule has 3 aromatic rings. The van der Waals surface area contributed by atoms with Crippen molar-refractivity contribution < 1.29 is 22.6 Å². The third-order valence-corrected chi connectivity index (χ3v) is 5.57. The Bertz CT molecular complexity index is 1130. The van der Waals surface area contributed by atoms with Gasteiger partial charge in [0.25, 0.3) is 0 Å². The molecular weight excluding hydrogens is 427 g/mol. The first-order valence-corrected chi connectivity index (χ1v) is 10.2. The Balaban J connectivity index is 1.48. The number of hydrogen-bond donors (Lipinski definition) is 3. The van der Waals surface area contributed by atoms with E-state index in [4.69, 9.17) is 9.47 Å². The van der Waals surface area contributed by atoms with Gasteiger partial charge in [-0.3, -0.25) is 4.90 Å². The third-order valence-electron chi connectivity index (χ3n) is 5.57. The van der Waals surface area contributed by atoms with Gasteiger partial charge in [0.15, 0.2) is 6.61 Å². The average molecular weight is 449 g/mol. The summed E-state index contributed by atoms with van der Waals surface area (Å²) in [7, 11) is 1.73. The van der Waals surface area contributed by atoms with Crippen molar-refractivity contribution in [3.05, 3.63) is 29.6 Å². The Morgan fingerprint density at radius 3 is 2.84 bits per heavy atom. The number of nitrogens with one attached hydrogen (secondary N) is 3. The van der Waals surface area contributed by atoms with Gasteiger partial charge in [0.1, 0.15) is 17.2 Å². The average Bonchev–Trinajstić information content (AvgIpc) is 3.18. The van der Waals surface area contributed by atoms with Gasteiger partial charge in [-0.15, -0.1) is 0 Å². The number of aromatic nitrogens is 4. The molecule has 2 aliphatic heterocycles. The summed E-state index contributed by atoms with van der Waals surface area (Å²) in [6.07, 6.45) is -2.11. The van der Waals surface area contributed by atoms with Crippen LogP contribution in [0.25, 0.3) is 11.0 Å². The predicted octanol–water partition coefficient (Wildman–Crippen LogP) is 2.84. The lowest BCUT2D eigenvalue weighted by Crippen LogP contribution is -2.50. The molecule has 0 atom stereocenters.